The third kappa shape index (κ3) is 4.03. The van der Waals surface area contributed by atoms with Gasteiger partial charge in [-0.3, -0.25) is 4.90 Å². The van der Waals surface area contributed by atoms with Crippen molar-refractivity contribution in [3.8, 4) is 0 Å². The molecule has 86 valence electrons. The molecular weight excluding hydrogens is 192 g/mol. The van der Waals surface area contributed by atoms with Gasteiger partial charge in [-0.05, 0) is 27.1 Å². The summed E-state index contributed by atoms with van der Waals surface area (Å²) in [4.78, 5) is 2.08. The zero-order valence-corrected chi connectivity index (χ0v) is 9.66. The third-order valence-electron chi connectivity index (χ3n) is 2.37. The van der Waals surface area contributed by atoms with Crippen LogP contribution in [0.5, 0.6) is 0 Å². The molecule has 0 fully saturated rings. The van der Waals surface area contributed by atoms with Crippen LogP contribution in [0, 0.1) is 6.92 Å². The highest BCUT2D eigenvalue weighted by atomic mass is 16.3. The van der Waals surface area contributed by atoms with E-state index in [1.807, 2.05) is 27.1 Å². The number of likely N-dealkylation sites (N-methyl/N-ethyl adjacent to an activating group) is 2. The van der Waals surface area contributed by atoms with Crippen LogP contribution in [0.3, 0.4) is 0 Å². The highest BCUT2D eigenvalue weighted by molar-refractivity contribution is 5.14. The van der Waals surface area contributed by atoms with Crippen LogP contribution in [0.4, 0.5) is 0 Å². The quantitative estimate of drug-likeness (QED) is 0.725. The Morgan fingerprint density at radius 1 is 1.60 bits per heavy atom. The van der Waals surface area contributed by atoms with Gasteiger partial charge in [-0.25, -0.2) is 0 Å². The molecule has 0 radical (unpaired) electrons. The summed E-state index contributed by atoms with van der Waals surface area (Å²) in [7, 11) is 3.83. The number of aliphatic hydroxyl groups excluding tert-OH is 1. The van der Waals surface area contributed by atoms with Crippen molar-refractivity contribution in [3.05, 3.63) is 23.7 Å². The summed E-state index contributed by atoms with van der Waals surface area (Å²) in [5.74, 6) is 0.949. The molecule has 1 aromatic rings. The Morgan fingerprint density at radius 3 is 2.87 bits per heavy atom. The molecule has 0 saturated heterocycles. The van der Waals surface area contributed by atoms with Gasteiger partial charge in [0.1, 0.15) is 5.76 Å². The molecule has 1 rings (SSSR count). The fraction of sp³-hybridized carbons (Fsp3) is 0.636. The first-order valence-electron chi connectivity index (χ1n) is 5.17. The summed E-state index contributed by atoms with van der Waals surface area (Å²) < 4.78 is 5.22. The molecule has 0 amide bonds. The summed E-state index contributed by atoms with van der Waals surface area (Å²) >= 11 is 0. The maximum absolute atomic E-state index is 9.59. The van der Waals surface area contributed by atoms with E-state index in [0.29, 0.717) is 13.1 Å². The smallest absolute Gasteiger partial charge is 0.105 e. The molecule has 0 saturated carbocycles. The maximum Gasteiger partial charge on any atom is 0.105 e. The summed E-state index contributed by atoms with van der Waals surface area (Å²) in [6.45, 7) is 4.04. The van der Waals surface area contributed by atoms with Gasteiger partial charge in [-0.15, -0.1) is 0 Å². The molecule has 1 heterocycles. The lowest BCUT2D eigenvalue weighted by Gasteiger charge is -2.19. The van der Waals surface area contributed by atoms with E-state index < -0.39 is 0 Å². The number of aliphatic hydroxyl groups is 1. The third-order valence-corrected chi connectivity index (χ3v) is 2.37. The van der Waals surface area contributed by atoms with E-state index in [9.17, 15) is 5.11 Å². The minimum absolute atomic E-state index is 0.327. The molecule has 15 heavy (non-hydrogen) atoms. The number of furan rings is 1. The van der Waals surface area contributed by atoms with Gasteiger partial charge in [0.05, 0.1) is 12.4 Å². The van der Waals surface area contributed by atoms with E-state index in [0.717, 1.165) is 12.3 Å². The van der Waals surface area contributed by atoms with E-state index in [1.165, 1.54) is 5.56 Å². The van der Waals surface area contributed by atoms with Crippen LogP contribution in [-0.2, 0) is 6.54 Å². The second kappa shape index (κ2) is 5.90. The summed E-state index contributed by atoms with van der Waals surface area (Å²) in [5, 5.41) is 12.5. The zero-order chi connectivity index (χ0) is 11.3. The Balaban J connectivity index is 2.36. The molecule has 0 aliphatic heterocycles. The summed E-state index contributed by atoms with van der Waals surface area (Å²) in [5.41, 5.74) is 1.18. The van der Waals surface area contributed by atoms with Crippen molar-refractivity contribution in [1.29, 1.82) is 0 Å². The van der Waals surface area contributed by atoms with Gasteiger partial charge in [-0.2, -0.15) is 0 Å². The molecule has 0 aliphatic rings. The van der Waals surface area contributed by atoms with Gasteiger partial charge in [0.2, 0.25) is 0 Å². The highest BCUT2D eigenvalue weighted by Gasteiger charge is 2.09. The first kappa shape index (κ1) is 12.2. The molecule has 4 heteroatoms. The first-order valence-corrected chi connectivity index (χ1v) is 5.17. The van der Waals surface area contributed by atoms with Gasteiger partial charge in [0.25, 0.3) is 0 Å². The number of aryl methyl sites for hydroxylation is 1. The molecule has 0 aliphatic carbocycles. The van der Waals surface area contributed by atoms with Crippen LogP contribution in [0.15, 0.2) is 16.7 Å². The maximum atomic E-state index is 9.59. The molecule has 2 N–H and O–H groups in total. The Bertz CT molecular complexity index is 286. The largest absolute Gasteiger partial charge is 0.469 e. The predicted octanol–water partition coefficient (Wildman–Crippen LogP) is 0.600. The summed E-state index contributed by atoms with van der Waals surface area (Å²) in [6, 6.07) is 1.97. The Kier molecular flexibility index (Phi) is 4.81. The molecule has 1 aromatic heterocycles. The van der Waals surface area contributed by atoms with Crippen LogP contribution in [0.1, 0.15) is 11.3 Å². The van der Waals surface area contributed by atoms with Gasteiger partial charge in [0.15, 0.2) is 0 Å². The standard InChI is InChI=1S/C11H20N2O2/c1-9-10(4-5-15-9)7-13(3)8-11(14)6-12-2/h4-5,11-12,14H,6-8H2,1-3H3. The minimum Gasteiger partial charge on any atom is -0.469 e. The van der Waals surface area contributed by atoms with Crippen LogP contribution in [-0.4, -0.2) is 43.3 Å². The SMILES string of the molecule is CNCC(O)CN(C)Cc1ccoc1C. The lowest BCUT2D eigenvalue weighted by molar-refractivity contribution is 0.123. The normalized spacial score (nSPS) is 13.4. The topological polar surface area (TPSA) is 48.6 Å². The Hall–Kier alpha value is -0.840. The van der Waals surface area contributed by atoms with Crippen molar-refractivity contribution >= 4 is 0 Å². The molecule has 1 unspecified atom stereocenters. The van der Waals surface area contributed by atoms with Crippen molar-refractivity contribution in [2.24, 2.45) is 0 Å². The predicted molar refractivity (Wildman–Crippen MR) is 59.7 cm³/mol. The van der Waals surface area contributed by atoms with Crippen LogP contribution >= 0.6 is 0 Å². The summed E-state index contributed by atoms with van der Waals surface area (Å²) in [6.07, 6.45) is 1.37. The number of hydrogen-bond donors (Lipinski definition) is 2. The monoisotopic (exact) mass is 212 g/mol. The van der Waals surface area contributed by atoms with E-state index in [4.69, 9.17) is 4.42 Å². The van der Waals surface area contributed by atoms with Crippen molar-refractivity contribution in [2.45, 2.75) is 19.6 Å². The van der Waals surface area contributed by atoms with Crippen LogP contribution in [0.25, 0.3) is 0 Å². The lowest BCUT2D eigenvalue weighted by Crippen LogP contribution is -2.35. The molecular formula is C11H20N2O2. The van der Waals surface area contributed by atoms with Crippen LogP contribution < -0.4 is 5.32 Å². The number of nitrogens with one attached hydrogen (secondary N) is 1. The molecule has 0 bridgehead atoms. The second-order valence-corrected chi connectivity index (χ2v) is 3.91. The molecule has 0 spiro atoms. The van der Waals surface area contributed by atoms with Crippen LogP contribution in [0.2, 0.25) is 0 Å². The zero-order valence-electron chi connectivity index (χ0n) is 9.66. The fourth-order valence-corrected chi connectivity index (χ4v) is 1.59. The number of hydrogen-bond acceptors (Lipinski definition) is 4. The van der Waals surface area contributed by atoms with Crippen molar-refractivity contribution in [3.63, 3.8) is 0 Å². The molecule has 0 aromatic carbocycles. The highest BCUT2D eigenvalue weighted by Crippen LogP contribution is 2.10. The van der Waals surface area contributed by atoms with Crippen molar-refractivity contribution < 1.29 is 9.52 Å². The van der Waals surface area contributed by atoms with Gasteiger partial charge in [0, 0.05) is 25.2 Å². The van der Waals surface area contributed by atoms with Gasteiger partial charge in [-0.1, -0.05) is 0 Å². The average molecular weight is 212 g/mol. The van der Waals surface area contributed by atoms with Crippen molar-refractivity contribution in [1.82, 2.24) is 10.2 Å². The number of rotatable bonds is 6. The fourth-order valence-electron chi connectivity index (χ4n) is 1.59. The Morgan fingerprint density at radius 2 is 2.33 bits per heavy atom. The van der Waals surface area contributed by atoms with Gasteiger partial charge < -0.3 is 14.8 Å². The van der Waals surface area contributed by atoms with E-state index >= 15 is 0 Å². The van der Waals surface area contributed by atoms with E-state index in [-0.39, 0.29) is 6.10 Å². The van der Waals surface area contributed by atoms with Gasteiger partial charge >= 0.3 is 0 Å². The second-order valence-electron chi connectivity index (χ2n) is 3.91. The van der Waals surface area contributed by atoms with E-state index in [1.54, 1.807) is 6.26 Å². The lowest BCUT2D eigenvalue weighted by atomic mass is 10.2. The molecule has 1 atom stereocenters. The first-order chi connectivity index (χ1) is 7.13. The number of nitrogens with zero attached hydrogens (tertiary/aromatic N) is 1. The van der Waals surface area contributed by atoms with E-state index in [2.05, 4.69) is 10.2 Å². The average Bonchev–Trinajstić information content (AvgIpc) is 2.52. The van der Waals surface area contributed by atoms with Crippen molar-refractivity contribution in [2.75, 3.05) is 27.2 Å². The Labute approximate surface area is 90.9 Å². The minimum atomic E-state index is -0.327. The molecule has 4 nitrogen and oxygen atoms in total.